The maximum atomic E-state index is 5.80. The fourth-order valence-electron chi connectivity index (χ4n) is 4.43. The number of likely N-dealkylation sites (tertiary alicyclic amines) is 2. The summed E-state index contributed by atoms with van der Waals surface area (Å²) >= 11 is 0. The Kier molecular flexibility index (Phi) is 6.11. The van der Waals surface area contributed by atoms with Crippen LogP contribution in [0.25, 0.3) is 0 Å². The van der Waals surface area contributed by atoms with Crippen molar-refractivity contribution < 1.29 is 4.48 Å². The zero-order valence-electron chi connectivity index (χ0n) is 12.9. The lowest BCUT2D eigenvalue weighted by molar-refractivity contribution is -0.966. The number of piperidine rings is 2. The van der Waals surface area contributed by atoms with Crippen LogP contribution in [-0.2, 0) is 0 Å². The molecule has 3 nitrogen and oxygen atoms in total. The molecule has 2 heterocycles. The van der Waals surface area contributed by atoms with Gasteiger partial charge in [-0.1, -0.05) is 13.3 Å². The van der Waals surface area contributed by atoms with Crippen molar-refractivity contribution in [3.05, 3.63) is 0 Å². The topological polar surface area (TPSA) is 29.3 Å². The van der Waals surface area contributed by atoms with E-state index >= 15 is 0 Å². The zero-order chi connectivity index (χ0) is 13.6. The van der Waals surface area contributed by atoms with Gasteiger partial charge in [0.1, 0.15) is 6.17 Å². The van der Waals surface area contributed by atoms with E-state index in [0.29, 0.717) is 0 Å². The van der Waals surface area contributed by atoms with Gasteiger partial charge in [0.25, 0.3) is 0 Å². The van der Waals surface area contributed by atoms with Crippen LogP contribution in [0.1, 0.15) is 58.3 Å². The summed E-state index contributed by atoms with van der Waals surface area (Å²) in [4.78, 5) is 2.81. The monoisotopic (exact) mass is 268 g/mol. The zero-order valence-corrected chi connectivity index (χ0v) is 12.9. The van der Waals surface area contributed by atoms with Crippen LogP contribution in [0.3, 0.4) is 0 Å². The number of quaternary nitrogens is 1. The van der Waals surface area contributed by atoms with E-state index in [0.717, 1.165) is 12.7 Å². The Labute approximate surface area is 119 Å². The van der Waals surface area contributed by atoms with Crippen molar-refractivity contribution in [1.82, 2.24) is 4.90 Å². The minimum atomic E-state index is 0.771. The summed E-state index contributed by atoms with van der Waals surface area (Å²) in [7, 11) is 0. The molecule has 112 valence electrons. The van der Waals surface area contributed by atoms with Gasteiger partial charge in [0.2, 0.25) is 0 Å². The largest absolute Gasteiger partial charge is 0.330 e. The lowest BCUT2D eigenvalue weighted by Crippen LogP contribution is -2.65. The molecule has 1 unspecified atom stereocenters. The van der Waals surface area contributed by atoms with Crippen molar-refractivity contribution in [1.29, 1.82) is 0 Å². The highest BCUT2D eigenvalue weighted by Gasteiger charge is 2.40. The Hall–Kier alpha value is -0.120. The van der Waals surface area contributed by atoms with Gasteiger partial charge in [-0.05, 0) is 38.6 Å². The maximum absolute atomic E-state index is 5.80. The van der Waals surface area contributed by atoms with E-state index < -0.39 is 0 Å². The molecule has 2 aliphatic heterocycles. The third-order valence-corrected chi connectivity index (χ3v) is 5.32. The molecular formula is C16H34N3+. The van der Waals surface area contributed by atoms with Gasteiger partial charge in [0, 0.05) is 25.9 Å². The molecule has 2 saturated heterocycles. The summed E-state index contributed by atoms with van der Waals surface area (Å²) in [6.07, 6.45) is 11.8. The van der Waals surface area contributed by atoms with Crippen LogP contribution in [0, 0.1) is 0 Å². The number of rotatable bonds is 6. The molecule has 2 N–H and O–H groups in total. The van der Waals surface area contributed by atoms with Crippen molar-refractivity contribution in [2.45, 2.75) is 64.5 Å². The molecule has 0 aromatic carbocycles. The first-order valence-electron chi connectivity index (χ1n) is 8.62. The summed E-state index contributed by atoms with van der Waals surface area (Å²) in [5, 5.41) is 0. The van der Waals surface area contributed by atoms with Gasteiger partial charge in [-0.3, -0.25) is 4.90 Å². The molecule has 0 saturated carbocycles. The highest BCUT2D eigenvalue weighted by Crippen LogP contribution is 2.29. The van der Waals surface area contributed by atoms with E-state index in [2.05, 4.69) is 11.8 Å². The SMILES string of the molecule is CCC(N1CCCCC1)[N+]1(CCCN)CCCCC1. The summed E-state index contributed by atoms with van der Waals surface area (Å²) < 4.78 is 1.35. The van der Waals surface area contributed by atoms with Gasteiger partial charge in [-0.15, -0.1) is 0 Å². The van der Waals surface area contributed by atoms with Crippen LogP contribution < -0.4 is 5.73 Å². The van der Waals surface area contributed by atoms with Gasteiger partial charge >= 0.3 is 0 Å². The fraction of sp³-hybridized carbons (Fsp3) is 1.00. The van der Waals surface area contributed by atoms with Crippen LogP contribution in [0.5, 0.6) is 0 Å². The molecule has 2 rings (SSSR count). The van der Waals surface area contributed by atoms with Crippen LogP contribution in [0.15, 0.2) is 0 Å². The lowest BCUT2D eigenvalue weighted by Gasteiger charge is -2.51. The van der Waals surface area contributed by atoms with E-state index in [1.165, 1.54) is 88.6 Å². The molecule has 0 amide bonds. The molecule has 1 atom stereocenters. The summed E-state index contributed by atoms with van der Waals surface area (Å²) in [6, 6.07) is 0. The molecule has 2 aliphatic rings. The van der Waals surface area contributed by atoms with Crippen LogP contribution in [0.2, 0.25) is 0 Å². The average molecular weight is 268 g/mol. The smallest absolute Gasteiger partial charge is 0.145 e. The molecule has 0 aromatic rings. The van der Waals surface area contributed by atoms with Crippen LogP contribution >= 0.6 is 0 Å². The number of hydrogen-bond donors (Lipinski definition) is 1. The Balaban J connectivity index is 2.08. The van der Waals surface area contributed by atoms with Gasteiger partial charge in [-0.2, -0.15) is 0 Å². The van der Waals surface area contributed by atoms with Crippen molar-refractivity contribution in [3.63, 3.8) is 0 Å². The minimum Gasteiger partial charge on any atom is -0.330 e. The summed E-state index contributed by atoms with van der Waals surface area (Å²) in [6.45, 7) is 10.0. The number of nitrogens with zero attached hydrogens (tertiary/aromatic N) is 2. The first kappa shape index (κ1) is 15.3. The highest BCUT2D eigenvalue weighted by atomic mass is 15.5. The predicted molar refractivity (Wildman–Crippen MR) is 81.9 cm³/mol. The van der Waals surface area contributed by atoms with Crippen molar-refractivity contribution in [2.24, 2.45) is 5.73 Å². The number of nitrogens with two attached hydrogens (primary N) is 1. The van der Waals surface area contributed by atoms with Crippen LogP contribution in [-0.4, -0.2) is 54.8 Å². The Bertz CT molecular complexity index is 242. The van der Waals surface area contributed by atoms with E-state index in [1.807, 2.05) is 0 Å². The third-order valence-electron chi connectivity index (χ3n) is 5.32. The minimum absolute atomic E-state index is 0.771. The molecule has 0 radical (unpaired) electrons. The molecule has 3 heteroatoms. The molecular weight excluding hydrogens is 234 g/mol. The first-order valence-corrected chi connectivity index (χ1v) is 8.62. The van der Waals surface area contributed by atoms with Crippen molar-refractivity contribution in [2.75, 3.05) is 39.3 Å². The Morgan fingerprint density at radius 2 is 1.63 bits per heavy atom. The lowest BCUT2D eigenvalue weighted by atomic mass is 10.0. The Morgan fingerprint density at radius 3 is 2.21 bits per heavy atom. The summed E-state index contributed by atoms with van der Waals surface area (Å²) in [5.41, 5.74) is 5.80. The number of hydrogen-bond acceptors (Lipinski definition) is 2. The average Bonchev–Trinajstić information content (AvgIpc) is 2.48. The van der Waals surface area contributed by atoms with Gasteiger partial charge in [-0.25, -0.2) is 0 Å². The quantitative estimate of drug-likeness (QED) is 0.750. The highest BCUT2D eigenvalue weighted by molar-refractivity contribution is 4.71. The second kappa shape index (κ2) is 7.61. The van der Waals surface area contributed by atoms with E-state index in [1.54, 1.807) is 0 Å². The van der Waals surface area contributed by atoms with Crippen molar-refractivity contribution in [3.8, 4) is 0 Å². The first-order chi connectivity index (χ1) is 9.32. The molecule has 0 aromatic heterocycles. The third kappa shape index (κ3) is 3.71. The van der Waals surface area contributed by atoms with E-state index in [-0.39, 0.29) is 0 Å². The molecule has 2 fully saturated rings. The molecule has 19 heavy (non-hydrogen) atoms. The van der Waals surface area contributed by atoms with Gasteiger partial charge in [0.15, 0.2) is 0 Å². The van der Waals surface area contributed by atoms with E-state index in [9.17, 15) is 0 Å². The molecule has 0 aliphatic carbocycles. The second-order valence-electron chi connectivity index (χ2n) is 6.58. The van der Waals surface area contributed by atoms with Crippen LogP contribution in [0.4, 0.5) is 0 Å². The maximum Gasteiger partial charge on any atom is 0.145 e. The normalized spacial score (nSPS) is 26.2. The molecule has 0 spiro atoms. The van der Waals surface area contributed by atoms with E-state index in [4.69, 9.17) is 5.73 Å². The van der Waals surface area contributed by atoms with Gasteiger partial charge < -0.3 is 10.2 Å². The summed E-state index contributed by atoms with van der Waals surface area (Å²) in [5.74, 6) is 0. The second-order valence-corrected chi connectivity index (χ2v) is 6.58. The predicted octanol–water partition coefficient (Wildman–Crippen LogP) is 2.56. The molecule has 0 bridgehead atoms. The van der Waals surface area contributed by atoms with Gasteiger partial charge in [0.05, 0.1) is 19.6 Å². The fourth-order valence-corrected chi connectivity index (χ4v) is 4.43. The Morgan fingerprint density at radius 1 is 1.00 bits per heavy atom. The van der Waals surface area contributed by atoms with Crippen molar-refractivity contribution >= 4 is 0 Å². The standard InChI is InChI=1S/C16H34N3/c1-2-16(18-11-5-3-6-12-18)19(15-9-10-17)13-7-4-8-14-19/h16H,2-15,17H2,1H3/q+1.